The molecule has 1 aromatic heterocycles. The molecule has 0 radical (unpaired) electrons. The van der Waals surface area contributed by atoms with E-state index in [2.05, 4.69) is 4.98 Å². The zero-order chi connectivity index (χ0) is 12.4. The molecule has 0 fully saturated rings. The summed E-state index contributed by atoms with van der Waals surface area (Å²) in [5.41, 5.74) is 3.53. The van der Waals surface area contributed by atoms with E-state index in [1.165, 1.54) is 0 Å². The quantitative estimate of drug-likeness (QED) is 0.857. The van der Waals surface area contributed by atoms with Gasteiger partial charge >= 0.3 is 5.97 Å². The van der Waals surface area contributed by atoms with Gasteiger partial charge < -0.3 is 5.11 Å². The Kier molecular flexibility index (Phi) is 2.91. The molecule has 0 bridgehead atoms. The second-order valence-electron chi connectivity index (χ2n) is 3.96. The van der Waals surface area contributed by atoms with Crippen molar-refractivity contribution in [1.82, 2.24) is 4.98 Å². The summed E-state index contributed by atoms with van der Waals surface area (Å²) in [7, 11) is 0. The average molecular weight is 227 g/mol. The fourth-order valence-electron chi connectivity index (χ4n) is 1.81. The minimum Gasteiger partial charge on any atom is -0.478 e. The predicted octanol–water partition coefficient (Wildman–Crippen LogP) is 3.06. The zero-order valence-electron chi connectivity index (χ0n) is 9.77. The van der Waals surface area contributed by atoms with Crippen molar-refractivity contribution in [2.45, 2.75) is 13.8 Å². The van der Waals surface area contributed by atoms with Crippen molar-refractivity contribution in [3.8, 4) is 11.3 Å². The maximum absolute atomic E-state index is 11.0. The van der Waals surface area contributed by atoms with Crippen LogP contribution in [0.5, 0.6) is 0 Å². The minimum atomic E-state index is -0.933. The topological polar surface area (TPSA) is 50.2 Å². The van der Waals surface area contributed by atoms with E-state index in [9.17, 15) is 4.79 Å². The summed E-state index contributed by atoms with van der Waals surface area (Å²) in [6.45, 7) is 3.59. The lowest BCUT2D eigenvalue weighted by molar-refractivity contribution is 0.0695. The van der Waals surface area contributed by atoms with Crippen LogP contribution in [0.25, 0.3) is 11.3 Å². The number of carboxylic acid groups (broad SMARTS) is 1. The third-order valence-electron chi connectivity index (χ3n) is 2.68. The second-order valence-corrected chi connectivity index (χ2v) is 3.96. The fraction of sp³-hybridized carbons (Fsp3) is 0.143. The van der Waals surface area contributed by atoms with Gasteiger partial charge in [-0.15, -0.1) is 0 Å². The lowest BCUT2D eigenvalue weighted by atomic mass is 10.0. The largest absolute Gasteiger partial charge is 0.478 e. The van der Waals surface area contributed by atoms with Gasteiger partial charge in [-0.2, -0.15) is 0 Å². The molecule has 17 heavy (non-hydrogen) atoms. The van der Waals surface area contributed by atoms with E-state index in [1.807, 2.05) is 37.3 Å². The van der Waals surface area contributed by atoms with E-state index in [1.54, 1.807) is 13.0 Å². The number of hydrogen-bond acceptors (Lipinski definition) is 2. The summed E-state index contributed by atoms with van der Waals surface area (Å²) in [4.78, 5) is 15.4. The summed E-state index contributed by atoms with van der Waals surface area (Å²) >= 11 is 0. The molecule has 3 nitrogen and oxygen atoms in total. The smallest absolute Gasteiger partial charge is 0.337 e. The van der Waals surface area contributed by atoms with Crippen LogP contribution in [0.2, 0.25) is 0 Å². The number of nitrogens with zero attached hydrogens (tertiary/aromatic N) is 1. The number of rotatable bonds is 2. The standard InChI is InChI=1S/C14H13NO2/c1-9-8-12(14(16)17)10(2)15-13(9)11-6-4-3-5-7-11/h3-8H,1-2H3,(H,16,17). The van der Waals surface area contributed by atoms with Crippen LogP contribution < -0.4 is 0 Å². The van der Waals surface area contributed by atoms with E-state index < -0.39 is 5.97 Å². The first-order chi connectivity index (χ1) is 8.09. The molecule has 0 saturated heterocycles. The van der Waals surface area contributed by atoms with Crippen molar-refractivity contribution < 1.29 is 9.90 Å². The van der Waals surface area contributed by atoms with Crippen molar-refractivity contribution in [1.29, 1.82) is 0 Å². The number of pyridine rings is 1. The molecule has 0 aliphatic heterocycles. The van der Waals surface area contributed by atoms with Gasteiger partial charge in [0.2, 0.25) is 0 Å². The highest BCUT2D eigenvalue weighted by Gasteiger charge is 2.12. The molecule has 0 aliphatic carbocycles. The second kappa shape index (κ2) is 4.37. The molecule has 0 saturated carbocycles. The molecule has 1 N–H and O–H groups in total. The predicted molar refractivity (Wildman–Crippen MR) is 66.1 cm³/mol. The van der Waals surface area contributed by atoms with Gasteiger partial charge in [0.15, 0.2) is 0 Å². The van der Waals surface area contributed by atoms with E-state index in [4.69, 9.17) is 5.11 Å². The summed E-state index contributed by atoms with van der Waals surface area (Å²) in [6, 6.07) is 11.4. The lowest BCUT2D eigenvalue weighted by Gasteiger charge is -2.08. The Balaban J connectivity index is 2.58. The lowest BCUT2D eigenvalue weighted by Crippen LogP contribution is -2.04. The molecule has 2 rings (SSSR count). The molecule has 86 valence electrons. The number of aryl methyl sites for hydroxylation is 2. The van der Waals surface area contributed by atoms with Crippen LogP contribution >= 0.6 is 0 Å². The molecule has 1 aromatic carbocycles. The van der Waals surface area contributed by atoms with E-state index >= 15 is 0 Å². The Morgan fingerprint density at radius 2 is 1.82 bits per heavy atom. The Morgan fingerprint density at radius 3 is 2.41 bits per heavy atom. The number of aromatic carboxylic acids is 1. The molecule has 0 spiro atoms. The first-order valence-corrected chi connectivity index (χ1v) is 5.36. The van der Waals surface area contributed by atoms with Crippen LogP contribution in [0.3, 0.4) is 0 Å². The SMILES string of the molecule is Cc1cc(C(=O)O)c(C)nc1-c1ccccc1. The van der Waals surface area contributed by atoms with Gasteiger partial charge in [0, 0.05) is 5.56 Å². The monoisotopic (exact) mass is 227 g/mol. The molecular formula is C14H13NO2. The number of hydrogen-bond donors (Lipinski definition) is 1. The normalized spacial score (nSPS) is 10.2. The highest BCUT2D eigenvalue weighted by atomic mass is 16.4. The summed E-state index contributed by atoms with van der Waals surface area (Å²) in [5, 5.41) is 9.01. The van der Waals surface area contributed by atoms with Crippen molar-refractivity contribution in [2.75, 3.05) is 0 Å². The number of benzene rings is 1. The van der Waals surface area contributed by atoms with Crippen LogP contribution in [-0.4, -0.2) is 16.1 Å². The highest BCUT2D eigenvalue weighted by Crippen LogP contribution is 2.23. The number of aromatic nitrogens is 1. The van der Waals surface area contributed by atoms with Crippen molar-refractivity contribution in [3.63, 3.8) is 0 Å². The highest BCUT2D eigenvalue weighted by molar-refractivity contribution is 5.89. The summed E-state index contributed by atoms with van der Waals surface area (Å²) < 4.78 is 0. The van der Waals surface area contributed by atoms with Crippen LogP contribution in [0.15, 0.2) is 36.4 Å². The van der Waals surface area contributed by atoms with Crippen LogP contribution in [0.1, 0.15) is 21.6 Å². The molecule has 1 heterocycles. The summed E-state index contributed by atoms with van der Waals surface area (Å²) in [6.07, 6.45) is 0. The molecule has 0 atom stereocenters. The van der Waals surface area contributed by atoms with Gasteiger partial charge in [-0.25, -0.2) is 4.79 Å². The minimum absolute atomic E-state index is 0.266. The Bertz CT molecular complexity index is 562. The van der Waals surface area contributed by atoms with E-state index in [0.717, 1.165) is 16.8 Å². The average Bonchev–Trinajstić information content (AvgIpc) is 2.32. The maximum Gasteiger partial charge on any atom is 0.337 e. The Hall–Kier alpha value is -2.16. The van der Waals surface area contributed by atoms with Gasteiger partial charge in [0.1, 0.15) is 0 Å². The third-order valence-corrected chi connectivity index (χ3v) is 2.68. The summed E-state index contributed by atoms with van der Waals surface area (Å²) in [5.74, 6) is -0.933. The number of carbonyl (C=O) groups is 1. The number of carboxylic acids is 1. The van der Waals surface area contributed by atoms with Gasteiger partial charge in [-0.1, -0.05) is 30.3 Å². The molecular weight excluding hydrogens is 214 g/mol. The molecule has 0 aliphatic rings. The third kappa shape index (κ3) is 2.18. The molecule has 2 aromatic rings. The first kappa shape index (κ1) is 11.3. The molecule has 3 heteroatoms. The zero-order valence-corrected chi connectivity index (χ0v) is 9.77. The van der Waals surface area contributed by atoms with E-state index in [0.29, 0.717) is 5.69 Å². The van der Waals surface area contributed by atoms with Gasteiger partial charge in [-0.05, 0) is 25.5 Å². The van der Waals surface area contributed by atoms with Crippen molar-refractivity contribution >= 4 is 5.97 Å². The van der Waals surface area contributed by atoms with Crippen LogP contribution in [0.4, 0.5) is 0 Å². The van der Waals surface area contributed by atoms with Crippen LogP contribution in [-0.2, 0) is 0 Å². The van der Waals surface area contributed by atoms with Crippen molar-refractivity contribution in [3.05, 3.63) is 53.2 Å². The maximum atomic E-state index is 11.0. The fourth-order valence-corrected chi connectivity index (χ4v) is 1.81. The van der Waals surface area contributed by atoms with Crippen molar-refractivity contribution in [2.24, 2.45) is 0 Å². The Labute approximate surface area is 99.8 Å². The van der Waals surface area contributed by atoms with Gasteiger partial charge in [0.25, 0.3) is 0 Å². The van der Waals surface area contributed by atoms with Crippen LogP contribution in [0, 0.1) is 13.8 Å². The molecule has 0 unspecified atom stereocenters. The van der Waals surface area contributed by atoms with E-state index in [-0.39, 0.29) is 5.56 Å². The first-order valence-electron chi connectivity index (χ1n) is 5.36. The van der Waals surface area contributed by atoms with Gasteiger partial charge in [0.05, 0.1) is 17.0 Å². The Morgan fingerprint density at radius 1 is 1.18 bits per heavy atom. The van der Waals surface area contributed by atoms with Gasteiger partial charge in [-0.3, -0.25) is 4.98 Å². The molecule has 0 amide bonds.